The van der Waals surface area contributed by atoms with E-state index in [2.05, 4.69) is 20.4 Å². The van der Waals surface area contributed by atoms with Crippen LogP contribution in [0.2, 0.25) is 0 Å². The highest BCUT2D eigenvalue weighted by Crippen LogP contribution is 2.17. The van der Waals surface area contributed by atoms with Crippen LogP contribution in [-0.4, -0.2) is 24.0 Å². The van der Waals surface area contributed by atoms with Crippen LogP contribution >= 0.6 is 0 Å². The summed E-state index contributed by atoms with van der Waals surface area (Å²) >= 11 is 0. The number of nitrogens with zero attached hydrogens (tertiary/aromatic N) is 1. The molecule has 0 fully saturated rings. The van der Waals surface area contributed by atoms with Crippen molar-refractivity contribution in [1.29, 1.82) is 0 Å². The van der Waals surface area contributed by atoms with Gasteiger partial charge in [0.25, 0.3) is 0 Å². The number of nitrogens with one attached hydrogen (secondary N) is 2. The largest absolute Gasteiger partial charge is 0.465 e. The standard InChI is InChI=1S/C21H18FN3O3/c1-28-21(27)15-4-8-17(9-5-15)24-19-11-10-18(13-23-19)25-20(26)12-14-2-6-16(22)7-3-14/h2-11,13H,12H2,1H3,(H,23,24)(H,25,26). The average molecular weight is 379 g/mol. The smallest absolute Gasteiger partial charge is 0.337 e. The number of carbonyl (C=O) groups is 2. The quantitative estimate of drug-likeness (QED) is 0.635. The van der Waals surface area contributed by atoms with E-state index in [1.807, 2.05) is 0 Å². The third-order valence-electron chi connectivity index (χ3n) is 3.90. The first kappa shape index (κ1) is 19.0. The number of hydrogen-bond acceptors (Lipinski definition) is 5. The Morgan fingerprint density at radius 2 is 1.64 bits per heavy atom. The molecule has 7 heteroatoms. The van der Waals surface area contributed by atoms with Gasteiger partial charge in [-0.3, -0.25) is 4.79 Å². The van der Waals surface area contributed by atoms with E-state index in [0.717, 1.165) is 11.3 Å². The van der Waals surface area contributed by atoms with Crippen molar-refractivity contribution in [2.75, 3.05) is 17.7 Å². The maximum Gasteiger partial charge on any atom is 0.337 e. The van der Waals surface area contributed by atoms with Crippen LogP contribution in [-0.2, 0) is 16.0 Å². The van der Waals surface area contributed by atoms with Crippen molar-refractivity contribution >= 4 is 29.1 Å². The molecule has 3 rings (SSSR count). The fourth-order valence-electron chi connectivity index (χ4n) is 2.49. The lowest BCUT2D eigenvalue weighted by molar-refractivity contribution is -0.115. The zero-order chi connectivity index (χ0) is 19.9. The molecule has 0 atom stereocenters. The van der Waals surface area contributed by atoms with Crippen LogP contribution < -0.4 is 10.6 Å². The van der Waals surface area contributed by atoms with Gasteiger partial charge in [0.05, 0.1) is 31.0 Å². The number of hydrogen-bond donors (Lipinski definition) is 2. The first-order valence-corrected chi connectivity index (χ1v) is 8.49. The van der Waals surface area contributed by atoms with Crippen LogP contribution in [0.15, 0.2) is 66.9 Å². The monoisotopic (exact) mass is 379 g/mol. The molecule has 0 radical (unpaired) electrons. The lowest BCUT2D eigenvalue weighted by Crippen LogP contribution is -2.14. The summed E-state index contributed by atoms with van der Waals surface area (Å²) in [5.74, 6) is -0.364. The van der Waals surface area contributed by atoms with E-state index in [1.54, 1.807) is 48.5 Å². The van der Waals surface area contributed by atoms with Gasteiger partial charge in [-0.15, -0.1) is 0 Å². The number of aromatic nitrogens is 1. The van der Waals surface area contributed by atoms with Crippen LogP contribution in [0.25, 0.3) is 0 Å². The number of halogens is 1. The Kier molecular flexibility index (Phi) is 5.96. The molecule has 3 aromatic rings. The maximum absolute atomic E-state index is 12.9. The zero-order valence-electron chi connectivity index (χ0n) is 15.1. The minimum atomic E-state index is -0.398. The summed E-state index contributed by atoms with van der Waals surface area (Å²) in [6.07, 6.45) is 1.68. The van der Waals surface area contributed by atoms with Crippen molar-refractivity contribution in [2.45, 2.75) is 6.42 Å². The van der Waals surface area contributed by atoms with Gasteiger partial charge in [-0.1, -0.05) is 12.1 Å². The van der Waals surface area contributed by atoms with Crippen LogP contribution in [0.4, 0.5) is 21.6 Å². The Bertz CT molecular complexity index is 956. The minimum Gasteiger partial charge on any atom is -0.465 e. The summed E-state index contributed by atoms with van der Waals surface area (Å²) in [6.45, 7) is 0. The summed E-state index contributed by atoms with van der Waals surface area (Å²) in [6, 6.07) is 16.0. The normalized spacial score (nSPS) is 10.2. The number of ether oxygens (including phenoxy) is 1. The number of benzene rings is 2. The highest BCUT2D eigenvalue weighted by atomic mass is 19.1. The maximum atomic E-state index is 12.9. The van der Waals surface area contributed by atoms with Crippen molar-refractivity contribution in [1.82, 2.24) is 4.98 Å². The SMILES string of the molecule is COC(=O)c1ccc(Nc2ccc(NC(=O)Cc3ccc(F)cc3)cn2)cc1. The fraction of sp³-hybridized carbons (Fsp3) is 0.0952. The second-order valence-corrected chi connectivity index (χ2v) is 5.98. The number of anilines is 3. The number of methoxy groups -OCH3 is 1. The third kappa shape index (κ3) is 5.14. The van der Waals surface area contributed by atoms with Crippen molar-refractivity contribution < 1.29 is 18.7 Å². The summed E-state index contributed by atoms with van der Waals surface area (Å²) in [7, 11) is 1.33. The average Bonchev–Trinajstić information content (AvgIpc) is 2.71. The van der Waals surface area contributed by atoms with Crippen molar-refractivity contribution in [3.05, 3.63) is 83.8 Å². The first-order chi connectivity index (χ1) is 13.5. The predicted octanol–water partition coefficient (Wildman–Crippen LogP) is 3.93. The van der Waals surface area contributed by atoms with Crippen LogP contribution in [0.3, 0.4) is 0 Å². The van der Waals surface area contributed by atoms with Crippen molar-refractivity contribution in [3.8, 4) is 0 Å². The predicted molar refractivity (Wildman–Crippen MR) is 104 cm³/mol. The van der Waals surface area contributed by atoms with E-state index in [0.29, 0.717) is 17.1 Å². The molecular formula is C21H18FN3O3. The second kappa shape index (κ2) is 8.77. The molecule has 2 N–H and O–H groups in total. The molecule has 0 aliphatic rings. The molecule has 28 heavy (non-hydrogen) atoms. The summed E-state index contributed by atoms with van der Waals surface area (Å²) in [5, 5.41) is 5.85. The van der Waals surface area contributed by atoms with E-state index in [9.17, 15) is 14.0 Å². The van der Waals surface area contributed by atoms with E-state index >= 15 is 0 Å². The van der Waals surface area contributed by atoms with Gasteiger partial charge in [0, 0.05) is 5.69 Å². The summed E-state index contributed by atoms with van der Waals surface area (Å²) in [4.78, 5) is 27.8. The Morgan fingerprint density at radius 1 is 0.964 bits per heavy atom. The number of pyridine rings is 1. The molecule has 1 heterocycles. The lowest BCUT2D eigenvalue weighted by Gasteiger charge is -2.08. The van der Waals surface area contributed by atoms with Crippen LogP contribution in [0.5, 0.6) is 0 Å². The molecule has 0 unspecified atom stereocenters. The summed E-state index contributed by atoms with van der Waals surface area (Å²) < 4.78 is 17.6. The molecule has 6 nitrogen and oxygen atoms in total. The molecule has 2 aromatic carbocycles. The van der Waals surface area contributed by atoms with Crippen LogP contribution in [0, 0.1) is 5.82 Å². The van der Waals surface area contributed by atoms with Crippen molar-refractivity contribution in [3.63, 3.8) is 0 Å². The molecule has 1 aromatic heterocycles. The topological polar surface area (TPSA) is 80.3 Å². The van der Waals surface area contributed by atoms with E-state index in [1.165, 1.54) is 25.4 Å². The molecule has 0 spiro atoms. The van der Waals surface area contributed by atoms with Gasteiger partial charge < -0.3 is 15.4 Å². The second-order valence-electron chi connectivity index (χ2n) is 5.98. The van der Waals surface area contributed by atoms with Crippen molar-refractivity contribution in [2.24, 2.45) is 0 Å². The number of rotatable bonds is 6. The first-order valence-electron chi connectivity index (χ1n) is 8.49. The molecule has 0 aliphatic heterocycles. The molecular weight excluding hydrogens is 361 g/mol. The molecule has 0 saturated carbocycles. The number of esters is 1. The Labute approximate surface area is 161 Å². The number of amides is 1. The van der Waals surface area contributed by atoms with E-state index in [-0.39, 0.29) is 18.1 Å². The van der Waals surface area contributed by atoms with E-state index < -0.39 is 5.97 Å². The van der Waals surface area contributed by atoms with Gasteiger partial charge in [0.1, 0.15) is 11.6 Å². The Balaban J connectivity index is 1.56. The van der Waals surface area contributed by atoms with Gasteiger partial charge in [-0.2, -0.15) is 0 Å². The van der Waals surface area contributed by atoms with Gasteiger partial charge >= 0.3 is 5.97 Å². The Hall–Kier alpha value is -3.74. The molecule has 0 bridgehead atoms. The van der Waals surface area contributed by atoms with Gasteiger partial charge in [0.2, 0.25) is 5.91 Å². The van der Waals surface area contributed by atoms with Gasteiger partial charge in [0.15, 0.2) is 0 Å². The highest BCUT2D eigenvalue weighted by molar-refractivity contribution is 5.92. The molecule has 142 valence electrons. The third-order valence-corrected chi connectivity index (χ3v) is 3.90. The molecule has 1 amide bonds. The summed E-state index contributed by atoms with van der Waals surface area (Å²) in [5.41, 5.74) is 2.49. The number of carbonyl (C=O) groups excluding carboxylic acids is 2. The fourth-order valence-corrected chi connectivity index (χ4v) is 2.49. The van der Waals surface area contributed by atoms with Gasteiger partial charge in [-0.05, 0) is 54.1 Å². The van der Waals surface area contributed by atoms with Gasteiger partial charge in [-0.25, -0.2) is 14.2 Å². The Morgan fingerprint density at radius 3 is 2.25 bits per heavy atom. The molecule has 0 saturated heterocycles. The lowest BCUT2D eigenvalue weighted by atomic mass is 10.1. The van der Waals surface area contributed by atoms with Crippen LogP contribution in [0.1, 0.15) is 15.9 Å². The minimum absolute atomic E-state index is 0.146. The molecule has 0 aliphatic carbocycles. The van der Waals surface area contributed by atoms with E-state index in [4.69, 9.17) is 0 Å². The zero-order valence-corrected chi connectivity index (χ0v) is 15.1. The highest BCUT2D eigenvalue weighted by Gasteiger charge is 2.06.